The SMILES string of the molecule is COCC(Br)CCNS(=O)(=O)c1ccc(F)cc1F. The Bertz CT molecular complexity index is 525. The van der Waals surface area contributed by atoms with Crippen LogP contribution in [0.5, 0.6) is 0 Å². The highest BCUT2D eigenvalue weighted by Gasteiger charge is 2.19. The Morgan fingerprint density at radius 3 is 2.68 bits per heavy atom. The summed E-state index contributed by atoms with van der Waals surface area (Å²) < 4.78 is 56.8. The number of benzene rings is 1. The van der Waals surface area contributed by atoms with E-state index in [1.807, 2.05) is 0 Å². The summed E-state index contributed by atoms with van der Waals surface area (Å²) in [7, 11) is -2.44. The van der Waals surface area contributed by atoms with Gasteiger partial charge >= 0.3 is 0 Å². The summed E-state index contributed by atoms with van der Waals surface area (Å²) in [6.45, 7) is 0.561. The van der Waals surface area contributed by atoms with Crippen molar-refractivity contribution in [1.29, 1.82) is 0 Å². The van der Waals surface area contributed by atoms with Gasteiger partial charge in [-0.1, -0.05) is 15.9 Å². The second-order valence-electron chi connectivity index (χ2n) is 3.81. The van der Waals surface area contributed by atoms with E-state index < -0.39 is 26.6 Å². The molecule has 0 saturated carbocycles. The highest BCUT2D eigenvalue weighted by molar-refractivity contribution is 9.09. The van der Waals surface area contributed by atoms with E-state index in [9.17, 15) is 17.2 Å². The first kappa shape index (κ1) is 16.5. The quantitative estimate of drug-likeness (QED) is 0.759. The zero-order valence-electron chi connectivity index (χ0n) is 10.2. The monoisotopic (exact) mass is 357 g/mol. The van der Waals surface area contributed by atoms with E-state index in [1.165, 1.54) is 7.11 Å². The molecule has 1 atom stereocenters. The smallest absolute Gasteiger partial charge is 0.243 e. The minimum atomic E-state index is -3.97. The fourth-order valence-corrected chi connectivity index (χ4v) is 2.98. The van der Waals surface area contributed by atoms with Crippen LogP contribution in [0.4, 0.5) is 8.78 Å². The number of methoxy groups -OCH3 is 1. The first-order chi connectivity index (χ1) is 8.86. The molecule has 4 nitrogen and oxygen atoms in total. The van der Waals surface area contributed by atoms with Gasteiger partial charge in [-0.3, -0.25) is 0 Å². The number of halogens is 3. The Kier molecular flexibility index (Phi) is 6.31. The molecule has 0 aliphatic carbocycles. The van der Waals surface area contributed by atoms with E-state index in [0.717, 1.165) is 12.1 Å². The average Bonchev–Trinajstić information content (AvgIpc) is 2.28. The second kappa shape index (κ2) is 7.28. The maximum atomic E-state index is 13.4. The van der Waals surface area contributed by atoms with Crippen molar-refractivity contribution in [2.24, 2.45) is 0 Å². The summed E-state index contributed by atoms with van der Waals surface area (Å²) in [5, 5.41) is 0. The van der Waals surface area contributed by atoms with Crippen molar-refractivity contribution >= 4 is 26.0 Å². The van der Waals surface area contributed by atoms with Gasteiger partial charge in [-0.2, -0.15) is 0 Å². The number of alkyl halides is 1. The van der Waals surface area contributed by atoms with Gasteiger partial charge in [0.1, 0.15) is 16.5 Å². The van der Waals surface area contributed by atoms with Crippen LogP contribution in [0.3, 0.4) is 0 Å². The molecule has 19 heavy (non-hydrogen) atoms. The summed E-state index contributed by atoms with van der Waals surface area (Å²) in [5.74, 6) is -1.93. The molecule has 0 aliphatic rings. The predicted octanol–water partition coefficient (Wildman–Crippen LogP) is 2.04. The van der Waals surface area contributed by atoms with Crippen molar-refractivity contribution in [2.45, 2.75) is 16.1 Å². The van der Waals surface area contributed by atoms with Crippen molar-refractivity contribution in [3.8, 4) is 0 Å². The molecule has 0 amide bonds. The van der Waals surface area contributed by atoms with Crippen LogP contribution in [0.15, 0.2) is 23.1 Å². The van der Waals surface area contributed by atoms with Gasteiger partial charge in [0.2, 0.25) is 10.0 Å². The van der Waals surface area contributed by atoms with Crippen LogP contribution >= 0.6 is 15.9 Å². The van der Waals surface area contributed by atoms with Gasteiger partial charge in [0, 0.05) is 24.5 Å². The van der Waals surface area contributed by atoms with Gasteiger partial charge in [-0.15, -0.1) is 0 Å². The molecule has 1 N–H and O–H groups in total. The van der Waals surface area contributed by atoms with Crippen molar-refractivity contribution in [3.05, 3.63) is 29.8 Å². The van der Waals surface area contributed by atoms with Gasteiger partial charge in [-0.25, -0.2) is 21.9 Å². The highest BCUT2D eigenvalue weighted by atomic mass is 79.9. The third-order valence-electron chi connectivity index (χ3n) is 2.28. The normalized spacial score (nSPS) is 13.5. The molecule has 8 heteroatoms. The maximum absolute atomic E-state index is 13.4. The lowest BCUT2D eigenvalue weighted by molar-refractivity contribution is 0.199. The number of nitrogens with one attached hydrogen (secondary N) is 1. The van der Waals surface area contributed by atoms with E-state index in [1.54, 1.807) is 0 Å². The summed E-state index contributed by atoms with van der Waals surface area (Å²) in [6.07, 6.45) is 0.482. The molecule has 0 spiro atoms. The number of sulfonamides is 1. The maximum Gasteiger partial charge on any atom is 0.243 e. The highest BCUT2D eigenvalue weighted by Crippen LogP contribution is 2.15. The standard InChI is InChI=1S/C11H14BrF2NO3S/c1-18-7-8(12)4-5-15-19(16,17)11-3-2-9(13)6-10(11)14/h2-3,6,8,15H,4-5,7H2,1H3. The van der Waals surface area contributed by atoms with Crippen LogP contribution in [0.25, 0.3) is 0 Å². The van der Waals surface area contributed by atoms with Crippen LogP contribution < -0.4 is 4.72 Å². The fraction of sp³-hybridized carbons (Fsp3) is 0.455. The molecule has 108 valence electrons. The third kappa shape index (κ3) is 5.13. The molecule has 0 bridgehead atoms. The summed E-state index contributed by atoms with van der Waals surface area (Å²) >= 11 is 3.30. The summed E-state index contributed by atoms with van der Waals surface area (Å²) in [5.41, 5.74) is 0. The van der Waals surface area contributed by atoms with E-state index in [2.05, 4.69) is 20.7 Å². The third-order valence-corrected chi connectivity index (χ3v) is 4.50. The van der Waals surface area contributed by atoms with Gasteiger partial charge in [0.15, 0.2) is 0 Å². The zero-order chi connectivity index (χ0) is 14.5. The molecule has 0 fully saturated rings. The van der Waals surface area contributed by atoms with E-state index in [-0.39, 0.29) is 11.4 Å². The lowest BCUT2D eigenvalue weighted by Gasteiger charge is -2.10. The van der Waals surface area contributed by atoms with Gasteiger partial charge in [0.25, 0.3) is 0 Å². The predicted molar refractivity (Wildman–Crippen MR) is 70.8 cm³/mol. The average molecular weight is 358 g/mol. The number of ether oxygens (including phenoxy) is 1. The van der Waals surface area contributed by atoms with Crippen LogP contribution in [0.1, 0.15) is 6.42 Å². The molecule has 1 rings (SSSR count). The second-order valence-corrected chi connectivity index (χ2v) is 6.84. The first-order valence-electron chi connectivity index (χ1n) is 5.44. The fourth-order valence-electron chi connectivity index (χ4n) is 1.38. The summed E-state index contributed by atoms with van der Waals surface area (Å²) in [6, 6.07) is 2.33. The number of hydrogen-bond acceptors (Lipinski definition) is 3. The van der Waals surface area contributed by atoms with Crippen molar-refractivity contribution in [3.63, 3.8) is 0 Å². The summed E-state index contributed by atoms with van der Waals surface area (Å²) in [4.78, 5) is -0.565. The minimum Gasteiger partial charge on any atom is -0.384 e. The van der Waals surface area contributed by atoms with E-state index >= 15 is 0 Å². The molecular formula is C11H14BrF2NO3S. The largest absolute Gasteiger partial charge is 0.384 e. The molecule has 0 aliphatic heterocycles. The topological polar surface area (TPSA) is 55.4 Å². The van der Waals surface area contributed by atoms with Crippen LogP contribution in [-0.2, 0) is 14.8 Å². The van der Waals surface area contributed by atoms with Gasteiger partial charge < -0.3 is 4.74 Å². The van der Waals surface area contributed by atoms with E-state index in [4.69, 9.17) is 4.74 Å². The van der Waals surface area contributed by atoms with Gasteiger partial charge in [-0.05, 0) is 18.6 Å². The van der Waals surface area contributed by atoms with Crippen molar-refractivity contribution < 1.29 is 21.9 Å². The molecule has 0 heterocycles. The van der Waals surface area contributed by atoms with Crippen LogP contribution in [0.2, 0.25) is 0 Å². The molecular weight excluding hydrogens is 344 g/mol. The number of hydrogen-bond donors (Lipinski definition) is 1. The zero-order valence-corrected chi connectivity index (χ0v) is 12.6. The molecule has 0 aromatic heterocycles. The van der Waals surface area contributed by atoms with Crippen molar-refractivity contribution in [2.75, 3.05) is 20.3 Å². The molecule has 0 saturated heterocycles. The lowest BCUT2D eigenvalue weighted by atomic mass is 10.3. The Labute approximate surface area is 119 Å². The van der Waals surface area contributed by atoms with Crippen LogP contribution in [0, 0.1) is 11.6 Å². The first-order valence-corrected chi connectivity index (χ1v) is 7.84. The molecule has 1 aromatic rings. The number of rotatable bonds is 7. The Balaban J connectivity index is 2.66. The van der Waals surface area contributed by atoms with Gasteiger partial charge in [0.05, 0.1) is 6.61 Å². The van der Waals surface area contributed by atoms with Crippen LogP contribution in [-0.4, -0.2) is 33.5 Å². The minimum absolute atomic E-state index is 0.00161. The van der Waals surface area contributed by atoms with Crippen molar-refractivity contribution in [1.82, 2.24) is 4.72 Å². The molecule has 1 aromatic carbocycles. The Morgan fingerprint density at radius 2 is 2.11 bits per heavy atom. The molecule has 1 unspecified atom stereocenters. The Hall–Kier alpha value is -0.570. The molecule has 0 radical (unpaired) electrons. The Morgan fingerprint density at radius 1 is 1.42 bits per heavy atom. The lowest BCUT2D eigenvalue weighted by Crippen LogP contribution is -2.27. The van der Waals surface area contributed by atoms with E-state index in [0.29, 0.717) is 19.1 Å².